The molecule has 0 aliphatic rings. The number of aryl methyl sites for hydroxylation is 1. The zero-order chi connectivity index (χ0) is 11.8. The Labute approximate surface area is 107 Å². The van der Waals surface area contributed by atoms with Gasteiger partial charge in [0.05, 0.1) is 0 Å². The average Bonchev–Trinajstić information content (AvgIpc) is 2.35. The Morgan fingerprint density at radius 1 is 0.875 bits per heavy atom. The molecule has 0 aliphatic carbocycles. The zero-order valence-corrected chi connectivity index (χ0v) is 10.7. The van der Waals surface area contributed by atoms with E-state index in [0.29, 0.717) is 5.88 Å². The number of rotatable bonds is 1. The van der Waals surface area contributed by atoms with Crippen LogP contribution in [0.2, 0.25) is 5.02 Å². The standard InChI is InChI=1S/2C7H7Cl/c1-6-4-2-3-5-7(6)8;8-6-7-4-2-1-3-5-7/h2-5H,1H3;1-5H,6H2. The lowest BCUT2D eigenvalue weighted by atomic mass is 10.2. The number of hydrogen-bond acceptors (Lipinski definition) is 0. The van der Waals surface area contributed by atoms with Crippen LogP contribution in [0, 0.1) is 6.92 Å². The Bertz CT molecular complexity index is 389. The SMILES string of the molecule is Cc1ccccc1Cl.ClCc1ccccc1. The minimum Gasteiger partial charge on any atom is -0.122 e. The van der Waals surface area contributed by atoms with E-state index in [-0.39, 0.29) is 0 Å². The third-order valence-electron chi connectivity index (χ3n) is 2.07. The molecule has 0 nitrogen and oxygen atoms in total. The first-order valence-corrected chi connectivity index (χ1v) is 5.96. The molecule has 2 heteroatoms. The molecule has 0 heterocycles. The molecule has 0 bridgehead atoms. The zero-order valence-electron chi connectivity index (χ0n) is 9.16. The van der Waals surface area contributed by atoms with Gasteiger partial charge in [0.15, 0.2) is 0 Å². The van der Waals surface area contributed by atoms with Crippen molar-refractivity contribution in [2.75, 3.05) is 0 Å². The van der Waals surface area contributed by atoms with Gasteiger partial charge in [-0.2, -0.15) is 0 Å². The van der Waals surface area contributed by atoms with Gasteiger partial charge in [-0.25, -0.2) is 0 Å². The quantitative estimate of drug-likeness (QED) is 0.622. The first kappa shape index (κ1) is 13.1. The van der Waals surface area contributed by atoms with Crippen molar-refractivity contribution in [3.63, 3.8) is 0 Å². The maximum atomic E-state index is 5.71. The molecule has 0 aliphatic heterocycles. The van der Waals surface area contributed by atoms with Crippen molar-refractivity contribution in [1.82, 2.24) is 0 Å². The van der Waals surface area contributed by atoms with Gasteiger partial charge in [-0.05, 0) is 24.1 Å². The van der Waals surface area contributed by atoms with E-state index in [4.69, 9.17) is 23.2 Å². The van der Waals surface area contributed by atoms with Crippen LogP contribution in [0.15, 0.2) is 54.6 Å². The molecule has 0 aromatic heterocycles. The van der Waals surface area contributed by atoms with Gasteiger partial charge < -0.3 is 0 Å². The summed E-state index contributed by atoms with van der Waals surface area (Å²) in [5.74, 6) is 0.612. The van der Waals surface area contributed by atoms with Gasteiger partial charge in [0, 0.05) is 10.9 Å². The van der Waals surface area contributed by atoms with Crippen molar-refractivity contribution in [3.05, 3.63) is 70.7 Å². The van der Waals surface area contributed by atoms with Gasteiger partial charge in [-0.3, -0.25) is 0 Å². The van der Waals surface area contributed by atoms with Gasteiger partial charge in [-0.1, -0.05) is 60.1 Å². The van der Waals surface area contributed by atoms with Crippen LogP contribution in [-0.4, -0.2) is 0 Å². The first-order chi connectivity index (χ1) is 7.74. The highest BCUT2D eigenvalue weighted by Gasteiger charge is 1.86. The molecule has 2 aromatic carbocycles. The van der Waals surface area contributed by atoms with Crippen molar-refractivity contribution in [1.29, 1.82) is 0 Å². The molecule has 0 N–H and O–H groups in total. The van der Waals surface area contributed by atoms with Gasteiger partial charge in [0.1, 0.15) is 0 Å². The van der Waals surface area contributed by atoms with Crippen molar-refractivity contribution in [2.45, 2.75) is 12.8 Å². The molecular weight excluding hydrogens is 239 g/mol. The molecule has 84 valence electrons. The van der Waals surface area contributed by atoms with Crippen LogP contribution in [0.5, 0.6) is 0 Å². The fraction of sp³-hybridized carbons (Fsp3) is 0.143. The van der Waals surface area contributed by atoms with E-state index < -0.39 is 0 Å². The van der Waals surface area contributed by atoms with E-state index in [1.807, 2.05) is 61.5 Å². The van der Waals surface area contributed by atoms with Crippen LogP contribution in [0.4, 0.5) is 0 Å². The molecular formula is C14H14Cl2. The summed E-state index contributed by atoms with van der Waals surface area (Å²) >= 11 is 11.2. The number of benzene rings is 2. The number of halogens is 2. The highest BCUT2D eigenvalue weighted by molar-refractivity contribution is 6.31. The summed E-state index contributed by atoms with van der Waals surface area (Å²) in [6.45, 7) is 1.99. The molecule has 2 rings (SSSR count). The molecule has 0 atom stereocenters. The molecule has 0 saturated carbocycles. The Morgan fingerprint density at radius 3 is 1.81 bits per heavy atom. The maximum Gasteiger partial charge on any atom is 0.0474 e. The maximum absolute atomic E-state index is 5.71. The van der Waals surface area contributed by atoms with Gasteiger partial charge in [0.2, 0.25) is 0 Å². The van der Waals surface area contributed by atoms with Crippen molar-refractivity contribution in [2.24, 2.45) is 0 Å². The third kappa shape index (κ3) is 4.69. The Kier molecular flexibility index (Phi) is 5.99. The average molecular weight is 253 g/mol. The lowest BCUT2D eigenvalue weighted by Gasteiger charge is -1.90. The molecule has 0 amide bonds. The second-order valence-corrected chi connectivity index (χ2v) is 4.04. The van der Waals surface area contributed by atoms with Gasteiger partial charge >= 0.3 is 0 Å². The van der Waals surface area contributed by atoms with Crippen LogP contribution in [-0.2, 0) is 5.88 Å². The van der Waals surface area contributed by atoms with E-state index in [9.17, 15) is 0 Å². The van der Waals surface area contributed by atoms with Crippen LogP contribution >= 0.6 is 23.2 Å². The van der Waals surface area contributed by atoms with E-state index >= 15 is 0 Å². The molecule has 0 unspecified atom stereocenters. The molecule has 0 spiro atoms. The summed E-state index contributed by atoms with van der Waals surface area (Å²) in [6.07, 6.45) is 0. The fourth-order valence-corrected chi connectivity index (χ4v) is 1.43. The van der Waals surface area contributed by atoms with Crippen molar-refractivity contribution >= 4 is 23.2 Å². The topological polar surface area (TPSA) is 0 Å². The summed E-state index contributed by atoms with van der Waals surface area (Å²) in [6, 6.07) is 17.7. The van der Waals surface area contributed by atoms with Crippen molar-refractivity contribution in [3.8, 4) is 0 Å². The highest BCUT2D eigenvalue weighted by atomic mass is 35.5. The molecule has 16 heavy (non-hydrogen) atoms. The van der Waals surface area contributed by atoms with Crippen LogP contribution in [0.25, 0.3) is 0 Å². The minimum absolute atomic E-state index is 0.612. The highest BCUT2D eigenvalue weighted by Crippen LogP contribution is 2.11. The Hall–Kier alpha value is -0.980. The second-order valence-electron chi connectivity index (χ2n) is 3.37. The van der Waals surface area contributed by atoms with E-state index in [0.717, 1.165) is 10.6 Å². The largest absolute Gasteiger partial charge is 0.122 e. The molecule has 0 saturated heterocycles. The monoisotopic (exact) mass is 252 g/mol. The van der Waals surface area contributed by atoms with Crippen LogP contribution in [0.1, 0.15) is 11.1 Å². The van der Waals surface area contributed by atoms with E-state index in [1.54, 1.807) is 0 Å². The summed E-state index contributed by atoms with van der Waals surface area (Å²) in [4.78, 5) is 0. The summed E-state index contributed by atoms with van der Waals surface area (Å²) in [7, 11) is 0. The number of hydrogen-bond donors (Lipinski definition) is 0. The normalized spacial score (nSPS) is 9.19. The summed E-state index contributed by atoms with van der Waals surface area (Å²) < 4.78 is 0. The predicted octanol–water partition coefficient (Wildman–Crippen LogP) is 5.07. The smallest absolute Gasteiger partial charge is 0.0474 e. The summed E-state index contributed by atoms with van der Waals surface area (Å²) in [5.41, 5.74) is 2.31. The van der Waals surface area contributed by atoms with Crippen LogP contribution in [0.3, 0.4) is 0 Å². The van der Waals surface area contributed by atoms with Gasteiger partial charge in [-0.15, -0.1) is 11.6 Å². The lowest BCUT2D eigenvalue weighted by molar-refractivity contribution is 1.41. The molecule has 0 fully saturated rings. The minimum atomic E-state index is 0.612. The van der Waals surface area contributed by atoms with E-state index in [2.05, 4.69) is 0 Å². The van der Waals surface area contributed by atoms with Gasteiger partial charge in [0.25, 0.3) is 0 Å². The predicted molar refractivity (Wildman–Crippen MR) is 72.2 cm³/mol. The first-order valence-electron chi connectivity index (χ1n) is 5.05. The Morgan fingerprint density at radius 2 is 1.44 bits per heavy atom. The Balaban J connectivity index is 0.000000160. The second kappa shape index (κ2) is 7.32. The third-order valence-corrected chi connectivity index (χ3v) is 2.81. The van der Waals surface area contributed by atoms with Crippen LogP contribution < -0.4 is 0 Å². The summed E-state index contributed by atoms with van der Waals surface area (Å²) in [5, 5.41) is 0.840. The lowest BCUT2D eigenvalue weighted by Crippen LogP contribution is -1.71. The number of alkyl halides is 1. The van der Waals surface area contributed by atoms with E-state index in [1.165, 1.54) is 5.56 Å². The van der Waals surface area contributed by atoms with Crippen molar-refractivity contribution < 1.29 is 0 Å². The molecule has 0 radical (unpaired) electrons. The fourth-order valence-electron chi connectivity index (χ4n) is 1.12. The molecule has 2 aromatic rings.